The van der Waals surface area contributed by atoms with Crippen molar-refractivity contribution in [1.82, 2.24) is 0 Å². The van der Waals surface area contributed by atoms with Crippen LogP contribution in [0.25, 0.3) is 16.8 Å². The van der Waals surface area contributed by atoms with E-state index >= 15 is 0 Å². The third-order valence-electron chi connectivity index (χ3n) is 4.29. The van der Waals surface area contributed by atoms with Gasteiger partial charge in [0.2, 0.25) is 0 Å². The lowest BCUT2D eigenvalue weighted by Gasteiger charge is -2.16. The van der Waals surface area contributed by atoms with Crippen LogP contribution < -0.4 is 14.8 Å². The first-order valence-electron chi connectivity index (χ1n) is 9.28. The minimum absolute atomic E-state index is 0.0280. The average Bonchev–Trinajstić information content (AvgIpc) is 2.72. The number of hydrogen-bond donors (Lipinski definition) is 1. The van der Waals surface area contributed by atoms with Crippen LogP contribution in [0.4, 0.5) is 5.69 Å². The van der Waals surface area contributed by atoms with Crippen molar-refractivity contribution in [2.45, 2.75) is 20.0 Å². The first kappa shape index (κ1) is 20.0. The summed E-state index contributed by atoms with van der Waals surface area (Å²) in [6, 6.07) is 20.7. The molecule has 146 valence electrons. The number of benzene rings is 3. The number of nitrogens with zero attached hydrogens (tertiary/aromatic N) is 1. The van der Waals surface area contributed by atoms with Crippen LogP contribution in [0.2, 0.25) is 0 Å². The van der Waals surface area contributed by atoms with Crippen LogP contribution in [0.1, 0.15) is 19.4 Å². The molecule has 0 fully saturated rings. The fraction of sp³-hybridized carbons (Fsp3) is 0.167. The maximum atomic E-state index is 12.8. The minimum Gasteiger partial charge on any atom is -0.493 e. The summed E-state index contributed by atoms with van der Waals surface area (Å²) in [4.78, 5) is 12.8. The maximum absolute atomic E-state index is 12.8. The molecule has 1 N–H and O–H groups in total. The topological polar surface area (TPSA) is 71.3 Å². The zero-order valence-electron chi connectivity index (χ0n) is 16.6. The van der Waals surface area contributed by atoms with Crippen LogP contribution in [-0.4, -0.2) is 19.1 Å². The van der Waals surface area contributed by atoms with Gasteiger partial charge in [-0.1, -0.05) is 48.5 Å². The van der Waals surface area contributed by atoms with Gasteiger partial charge in [-0.05, 0) is 37.4 Å². The maximum Gasteiger partial charge on any atom is 0.266 e. The van der Waals surface area contributed by atoms with E-state index in [0.717, 1.165) is 10.8 Å². The SMILES string of the molecule is COc1cccc(/C=C(\C#N)C(=O)Nc2cccc3ccccc23)c1OC(C)C. The molecule has 0 heterocycles. The van der Waals surface area contributed by atoms with E-state index in [9.17, 15) is 10.1 Å². The molecule has 3 aromatic rings. The minimum atomic E-state index is -0.484. The zero-order valence-corrected chi connectivity index (χ0v) is 16.6. The van der Waals surface area contributed by atoms with Gasteiger partial charge in [0, 0.05) is 16.6 Å². The summed E-state index contributed by atoms with van der Waals surface area (Å²) in [7, 11) is 1.55. The molecule has 0 aromatic heterocycles. The Morgan fingerprint density at radius 1 is 1.07 bits per heavy atom. The molecule has 3 aromatic carbocycles. The normalized spacial score (nSPS) is 11.2. The number of nitriles is 1. The number of carbonyl (C=O) groups excluding carboxylic acids is 1. The van der Waals surface area contributed by atoms with Gasteiger partial charge in [0.25, 0.3) is 5.91 Å². The van der Waals surface area contributed by atoms with E-state index in [1.165, 1.54) is 6.08 Å². The second kappa shape index (κ2) is 8.94. The molecule has 0 aliphatic rings. The highest BCUT2D eigenvalue weighted by atomic mass is 16.5. The van der Waals surface area contributed by atoms with Crippen LogP contribution in [0.5, 0.6) is 11.5 Å². The number of rotatable bonds is 6. The van der Waals surface area contributed by atoms with Crippen LogP contribution in [-0.2, 0) is 4.79 Å². The molecule has 0 saturated heterocycles. The fourth-order valence-corrected chi connectivity index (χ4v) is 3.00. The Morgan fingerprint density at radius 2 is 1.79 bits per heavy atom. The van der Waals surface area contributed by atoms with Crippen molar-refractivity contribution >= 4 is 28.4 Å². The predicted molar refractivity (Wildman–Crippen MR) is 115 cm³/mol. The third kappa shape index (κ3) is 4.56. The molecular weight excluding hydrogens is 364 g/mol. The predicted octanol–water partition coefficient (Wildman–Crippen LogP) is 5.18. The van der Waals surface area contributed by atoms with Crippen molar-refractivity contribution in [3.8, 4) is 17.6 Å². The Bertz CT molecular complexity index is 1110. The first-order valence-corrected chi connectivity index (χ1v) is 9.28. The molecule has 0 radical (unpaired) electrons. The Balaban J connectivity index is 1.96. The van der Waals surface area contributed by atoms with Gasteiger partial charge in [-0.15, -0.1) is 0 Å². The number of anilines is 1. The first-order chi connectivity index (χ1) is 14.0. The summed E-state index contributed by atoms with van der Waals surface area (Å²) >= 11 is 0. The van der Waals surface area contributed by atoms with E-state index in [0.29, 0.717) is 22.7 Å². The second-order valence-electron chi connectivity index (χ2n) is 6.70. The molecule has 1 amide bonds. The van der Waals surface area contributed by atoms with Gasteiger partial charge < -0.3 is 14.8 Å². The lowest BCUT2D eigenvalue weighted by molar-refractivity contribution is -0.112. The Hall–Kier alpha value is -3.78. The van der Waals surface area contributed by atoms with Gasteiger partial charge in [-0.2, -0.15) is 5.26 Å². The van der Waals surface area contributed by atoms with Crippen LogP contribution >= 0.6 is 0 Å². The third-order valence-corrected chi connectivity index (χ3v) is 4.29. The number of fused-ring (bicyclic) bond motifs is 1. The quantitative estimate of drug-likeness (QED) is 0.468. The van der Waals surface area contributed by atoms with E-state index < -0.39 is 5.91 Å². The lowest BCUT2D eigenvalue weighted by atomic mass is 10.1. The molecule has 0 atom stereocenters. The van der Waals surface area contributed by atoms with Crippen molar-refractivity contribution in [1.29, 1.82) is 5.26 Å². The van der Waals surface area contributed by atoms with Gasteiger partial charge >= 0.3 is 0 Å². The molecule has 29 heavy (non-hydrogen) atoms. The molecule has 0 bridgehead atoms. The van der Waals surface area contributed by atoms with Crippen molar-refractivity contribution in [3.63, 3.8) is 0 Å². The number of amides is 1. The van der Waals surface area contributed by atoms with Crippen LogP contribution in [0, 0.1) is 11.3 Å². The Morgan fingerprint density at radius 3 is 2.52 bits per heavy atom. The van der Waals surface area contributed by atoms with E-state index in [2.05, 4.69) is 5.32 Å². The molecule has 5 nitrogen and oxygen atoms in total. The largest absolute Gasteiger partial charge is 0.493 e. The van der Waals surface area contributed by atoms with E-state index in [1.54, 1.807) is 25.3 Å². The van der Waals surface area contributed by atoms with Crippen molar-refractivity contribution in [3.05, 3.63) is 71.8 Å². The number of para-hydroxylation sites is 1. The molecule has 3 rings (SSSR count). The van der Waals surface area contributed by atoms with Gasteiger partial charge in [-0.3, -0.25) is 4.79 Å². The van der Waals surface area contributed by atoms with Crippen molar-refractivity contribution in [2.24, 2.45) is 0 Å². The molecule has 0 spiro atoms. The standard InChI is InChI=1S/C24H22N2O3/c1-16(2)29-23-18(10-7-13-22(23)28-3)14-19(15-25)24(27)26-21-12-6-9-17-8-4-5-11-20(17)21/h4-14,16H,1-3H3,(H,26,27)/b19-14+. The molecule has 0 saturated carbocycles. The van der Waals surface area contributed by atoms with Gasteiger partial charge in [0.05, 0.1) is 13.2 Å². The number of hydrogen-bond acceptors (Lipinski definition) is 4. The molecule has 0 unspecified atom stereocenters. The Labute approximate surface area is 170 Å². The highest BCUT2D eigenvalue weighted by Crippen LogP contribution is 2.33. The Kier molecular flexibility index (Phi) is 6.16. The number of ether oxygens (including phenoxy) is 2. The zero-order chi connectivity index (χ0) is 20.8. The van der Waals surface area contributed by atoms with E-state index in [4.69, 9.17) is 9.47 Å². The lowest BCUT2D eigenvalue weighted by Crippen LogP contribution is -2.14. The molecule has 0 aliphatic carbocycles. The highest BCUT2D eigenvalue weighted by Gasteiger charge is 2.15. The highest BCUT2D eigenvalue weighted by molar-refractivity contribution is 6.13. The van der Waals surface area contributed by atoms with Crippen LogP contribution in [0.3, 0.4) is 0 Å². The second-order valence-corrected chi connectivity index (χ2v) is 6.70. The summed E-state index contributed by atoms with van der Waals surface area (Å²) < 4.78 is 11.2. The monoisotopic (exact) mass is 386 g/mol. The summed E-state index contributed by atoms with van der Waals surface area (Å²) in [6.45, 7) is 3.80. The van der Waals surface area contributed by atoms with Crippen LogP contribution in [0.15, 0.2) is 66.2 Å². The van der Waals surface area contributed by atoms with Crippen molar-refractivity contribution in [2.75, 3.05) is 12.4 Å². The van der Waals surface area contributed by atoms with E-state index in [1.807, 2.05) is 62.4 Å². The summed E-state index contributed by atoms with van der Waals surface area (Å²) in [5, 5.41) is 14.4. The summed E-state index contributed by atoms with van der Waals surface area (Å²) in [5.41, 5.74) is 1.22. The fourth-order valence-electron chi connectivity index (χ4n) is 3.00. The van der Waals surface area contributed by atoms with Gasteiger partial charge in [-0.25, -0.2) is 0 Å². The van der Waals surface area contributed by atoms with Gasteiger partial charge in [0.15, 0.2) is 11.5 Å². The molecule has 0 aliphatic heterocycles. The van der Waals surface area contributed by atoms with Crippen molar-refractivity contribution < 1.29 is 14.3 Å². The molecular formula is C24H22N2O3. The van der Waals surface area contributed by atoms with Gasteiger partial charge in [0.1, 0.15) is 11.6 Å². The number of carbonyl (C=O) groups is 1. The summed E-state index contributed by atoms with van der Waals surface area (Å²) in [6.07, 6.45) is 1.43. The molecule has 5 heteroatoms. The number of nitrogens with one attached hydrogen (secondary N) is 1. The average molecular weight is 386 g/mol. The number of methoxy groups -OCH3 is 1. The van der Waals surface area contributed by atoms with E-state index in [-0.39, 0.29) is 11.7 Å². The smallest absolute Gasteiger partial charge is 0.266 e. The summed E-state index contributed by atoms with van der Waals surface area (Å²) in [5.74, 6) is 0.553.